The maximum atomic E-state index is 11.0. The van der Waals surface area contributed by atoms with Crippen molar-refractivity contribution in [2.45, 2.75) is 6.92 Å². The molecule has 0 aliphatic rings. The molecule has 5 heteroatoms. The van der Waals surface area contributed by atoms with Crippen LogP contribution in [0, 0.1) is 0 Å². The van der Waals surface area contributed by atoms with E-state index in [4.69, 9.17) is 0 Å². The highest BCUT2D eigenvalue weighted by molar-refractivity contribution is 5.88. The Morgan fingerprint density at radius 2 is 1.90 bits per heavy atom. The van der Waals surface area contributed by atoms with Crippen molar-refractivity contribution in [3.05, 3.63) is 48.8 Å². The van der Waals surface area contributed by atoms with Crippen molar-refractivity contribution in [3.63, 3.8) is 0 Å². The molecule has 0 unspecified atom stereocenters. The number of carbonyl (C=O) groups excluding carboxylic acids is 1. The van der Waals surface area contributed by atoms with Crippen LogP contribution >= 0.6 is 0 Å². The molecule has 2 N–H and O–H groups in total. The number of pyridine rings is 1. The third kappa shape index (κ3) is 2.33. The molecule has 3 rings (SSSR count). The Labute approximate surface area is 115 Å². The van der Waals surface area contributed by atoms with E-state index in [0.717, 1.165) is 22.6 Å². The molecule has 5 nitrogen and oxygen atoms in total. The summed E-state index contributed by atoms with van der Waals surface area (Å²) in [5.41, 5.74) is 3.25. The largest absolute Gasteiger partial charge is 0.508 e. The highest BCUT2D eigenvalue weighted by Crippen LogP contribution is 2.22. The van der Waals surface area contributed by atoms with Gasteiger partial charge in [-0.15, -0.1) is 0 Å². The summed E-state index contributed by atoms with van der Waals surface area (Å²) in [4.78, 5) is 15.5. The fourth-order valence-electron chi connectivity index (χ4n) is 2.04. The highest BCUT2D eigenvalue weighted by atomic mass is 16.3. The van der Waals surface area contributed by atoms with Gasteiger partial charge in [0.15, 0.2) is 0 Å². The van der Waals surface area contributed by atoms with Gasteiger partial charge in [-0.25, -0.2) is 4.98 Å². The number of hydrogen-bond donors (Lipinski definition) is 2. The number of phenols is 1. The molecule has 0 aliphatic carbocycles. The summed E-state index contributed by atoms with van der Waals surface area (Å²) in [5.74, 6) is 0.119. The molecule has 0 spiro atoms. The van der Waals surface area contributed by atoms with E-state index < -0.39 is 0 Å². The Kier molecular flexibility index (Phi) is 2.87. The minimum atomic E-state index is -0.108. The monoisotopic (exact) mass is 267 g/mol. The van der Waals surface area contributed by atoms with Crippen LogP contribution in [0.15, 0.2) is 48.8 Å². The highest BCUT2D eigenvalue weighted by Gasteiger charge is 2.05. The summed E-state index contributed by atoms with van der Waals surface area (Å²) >= 11 is 0. The van der Waals surface area contributed by atoms with Crippen molar-refractivity contribution in [2.24, 2.45) is 0 Å². The number of aromatic nitrogens is 2. The number of aromatic hydroxyl groups is 1. The predicted molar refractivity (Wildman–Crippen MR) is 76.6 cm³/mol. The van der Waals surface area contributed by atoms with Crippen LogP contribution in [0.3, 0.4) is 0 Å². The lowest BCUT2D eigenvalue weighted by molar-refractivity contribution is -0.114. The van der Waals surface area contributed by atoms with Crippen molar-refractivity contribution < 1.29 is 9.90 Å². The van der Waals surface area contributed by atoms with Crippen LogP contribution in [0.25, 0.3) is 16.9 Å². The summed E-state index contributed by atoms with van der Waals surface area (Å²) in [5, 5.41) is 12.0. The van der Waals surface area contributed by atoms with E-state index in [1.54, 1.807) is 12.1 Å². The fraction of sp³-hybridized carbons (Fsp3) is 0.0667. The molecule has 0 saturated carbocycles. The van der Waals surface area contributed by atoms with Gasteiger partial charge in [0.25, 0.3) is 0 Å². The summed E-state index contributed by atoms with van der Waals surface area (Å²) in [6.07, 6.45) is 3.70. The number of rotatable bonds is 2. The smallest absolute Gasteiger partial charge is 0.221 e. The normalized spacial score (nSPS) is 10.7. The topological polar surface area (TPSA) is 66.6 Å². The first-order chi connectivity index (χ1) is 9.61. The first kappa shape index (κ1) is 12.2. The van der Waals surface area contributed by atoms with E-state index in [-0.39, 0.29) is 11.7 Å². The molecule has 2 aromatic heterocycles. The minimum Gasteiger partial charge on any atom is -0.508 e. The minimum absolute atomic E-state index is 0.108. The molecule has 0 radical (unpaired) electrons. The zero-order valence-corrected chi connectivity index (χ0v) is 10.9. The lowest BCUT2D eigenvalue weighted by Crippen LogP contribution is -2.06. The number of amides is 1. The van der Waals surface area contributed by atoms with Gasteiger partial charge in [0.2, 0.25) is 5.91 Å². The third-order valence-electron chi connectivity index (χ3n) is 2.93. The average Bonchev–Trinajstić information content (AvgIpc) is 2.81. The van der Waals surface area contributed by atoms with Crippen LogP contribution in [0.2, 0.25) is 0 Å². The Balaban J connectivity index is 2.01. The van der Waals surface area contributed by atoms with Crippen LogP contribution in [0.4, 0.5) is 5.69 Å². The number of nitrogens with zero attached hydrogens (tertiary/aromatic N) is 2. The number of anilines is 1. The molecule has 3 aromatic rings. The molecule has 0 bridgehead atoms. The van der Waals surface area contributed by atoms with Gasteiger partial charge in [0, 0.05) is 24.9 Å². The Bertz CT molecular complexity index is 775. The standard InChI is InChI=1S/C15H13N3O2/c1-10(19)16-12-4-7-15-17-14(9-18(15)8-12)11-2-5-13(20)6-3-11/h2-9,20H,1H3,(H,16,19). The van der Waals surface area contributed by atoms with Crippen LogP contribution in [0.1, 0.15) is 6.92 Å². The predicted octanol–water partition coefficient (Wildman–Crippen LogP) is 2.67. The van der Waals surface area contributed by atoms with Crippen LogP contribution in [0.5, 0.6) is 5.75 Å². The first-order valence-electron chi connectivity index (χ1n) is 6.17. The first-order valence-corrected chi connectivity index (χ1v) is 6.17. The molecular weight excluding hydrogens is 254 g/mol. The number of fused-ring (bicyclic) bond motifs is 1. The lowest BCUT2D eigenvalue weighted by atomic mass is 10.2. The Morgan fingerprint density at radius 1 is 1.15 bits per heavy atom. The summed E-state index contributed by atoms with van der Waals surface area (Å²) in [7, 11) is 0. The second-order valence-electron chi connectivity index (χ2n) is 4.54. The van der Waals surface area contributed by atoms with Gasteiger partial charge in [0.05, 0.1) is 11.4 Å². The summed E-state index contributed by atoms with van der Waals surface area (Å²) < 4.78 is 1.85. The SMILES string of the molecule is CC(=O)Nc1ccc2nc(-c3ccc(O)cc3)cn2c1. The second kappa shape index (κ2) is 4.70. The van der Waals surface area contributed by atoms with Crippen LogP contribution in [-0.4, -0.2) is 20.4 Å². The van der Waals surface area contributed by atoms with Crippen LogP contribution in [-0.2, 0) is 4.79 Å². The van der Waals surface area contributed by atoms with Gasteiger partial charge >= 0.3 is 0 Å². The van der Waals surface area contributed by atoms with Gasteiger partial charge in [-0.1, -0.05) is 0 Å². The van der Waals surface area contributed by atoms with Crippen molar-refractivity contribution in [3.8, 4) is 17.0 Å². The number of carbonyl (C=O) groups is 1. The molecular formula is C15H13N3O2. The zero-order valence-electron chi connectivity index (χ0n) is 10.9. The Hall–Kier alpha value is -2.82. The van der Waals surface area contributed by atoms with E-state index in [1.165, 1.54) is 6.92 Å². The number of phenolic OH excluding ortho intramolecular Hbond substituents is 1. The van der Waals surface area contributed by atoms with E-state index in [1.807, 2.05) is 41.1 Å². The van der Waals surface area contributed by atoms with Crippen molar-refractivity contribution in [1.29, 1.82) is 0 Å². The van der Waals surface area contributed by atoms with Gasteiger partial charge in [0.1, 0.15) is 11.4 Å². The molecule has 20 heavy (non-hydrogen) atoms. The second-order valence-corrected chi connectivity index (χ2v) is 4.54. The molecule has 0 fully saturated rings. The number of imidazole rings is 1. The van der Waals surface area contributed by atoms with Gasteiger partial charge in [-0.05, 0) is 36.4 Å². The molecule has 0 saturated heterocycles. The number of hydrogen-bond acceptors (Lipinski definition) is 3. The van der Waals surface area contributed by atoms with Crippen LogP contribution < -0.4 is 5.32 Å². The van der Waals surface area contributed by atoms with Crippen molar-refractivity contribution >= 4 is 17.2 Å². The third-order valence-corrected chi connectivity index (χ3v) is 2.93. The maximum Gasteiger partial charge on any atom is 0.221 e. The molecule has 100 valence electrons. The molecule has 0 atom stereocenters. The summed E-state index contributed by atoms with van der Waals surface area (Å²) in [6.45, 7) is 1.47. The van der Waals surface area contributed by atoms with E-state index >= 15 is 0 Å². The molecule has 1 amide bonds. The summed E-state index contributed by atoms with van der Waals surface area (Å²) in [6, 6.07) is 10.5. The Morgan fingerprint density at radius 3 is 2.60 bits per heavy atom. The molecule has 0 aliphatic heterocycles. The molecule has 2 heterocycles. The maximum absolute atomic E-state index is 11.0. The molecule has 1 aromatic carbocycles. The quantitative estimate of drug-likeness (QED) is 0.750. The van der Waals surface area contributed by atoms with Crippen molar-refractivity contribution in [2.75, 3.05) is 5.32 Å². The number of benzene rings is 1. The fourth-order valence-corrected chi connectivity index (χ4v) is 2.04. The van der Waals surface area contributed by atoms with Gasteiger partial charge in [-0.2, -0.15) is 0 Å². The number of nitrogens with one attached hydrogen (secondary N) is 1. The lowest BCUT2D eigenvalue weighted by Gasteiger charge is -2.01. The van der Waals surface area contributed by atoms with Gasteiger partial charge < -0.3 is 14.8 Å². The average molecular weight is 267 g/mol. The van der Waals surface area contributed by atoms with E-state index in [0.29, 0.717) is 0 Å². The van der Waals surface area contributed by atoms with Gasteiger partial charge in [-0.3, -0.25) is 4.79 Å². The van der Waals surface area contributed by atoms with E-state index in [2.05, 4.69) is 10.3 Å². The van der Waals surface area contributed by atoms with Crippen molar-refractivity contribution in [1.82, 2.24) is 9.38 Å². The zero-order chi connectivity index (χ0) is 14.1. The van der Waals surface area contributed by atoms with E-state index in [9.17, 15) is 9.90 Å².